The number of fused-ring (bicyclic) bond motifs is 1. The normalized spacial score (nSPS) is 10.8. The first-order chi connectivity index (χ1) is 10.0. The number of rotatable bonds is 2. The maximum atomic E-state index is 12.5. The number of anilines is 1. The van der Waals surface area contributed by atoms with E-state index >= 15 is 0 Å². The van der Waals surface area contributed by atoms with E-state index in [4.69, 9.17) is 0 Å². The number of halogens is 2. The van der Waals surface area contributed by atoms with Crippen LogP contribution >= 0.6 is 38.5 Å². The lowest BCUT2D eigenvalue weighted by atomic mass is 10.3. The van der Waals surface area contributed by atoms with E-state index in [1.54, 1.807) is 4.40 Å². The summed E-state index contributed by atoms with van der Waals surface area (Å²) in [5, 5.41) is 2.91. The van der Waals surface area contributed by atoms with Crippen LogP contribution in [0, 0.1) is 10.5 Å². The first kappa shape index (κ1) is 14.5. The Bertz CT molecular complexity index is 827. The summed E-state index contributed by atoms with van der Waals surface area (Å²) in [7, 11) is 0. The molecule has 2 aromatic heterocycles. The van der Waals surface area contributed by atoms with Crippen molar-refractivity contribution in [1.29, 1.82) is 0 Å². The molecule has 6 heteroatoms. The number of hydrogen-bond donors (Lipinski definition) is 1. The summed E-state index contributed by atoms with van der Waals surface area (Å²) in [5.41, 5.74) is 2.77. The minimum absolute atomic E-state index is 0.167. The van der Waals surface area contributed by atoms with Gasteiger partial charge in [-0.15, -0.1) is 0 Å². The molecule has 2 heterocycles. The highest BCUT2D eigenvalue weighted by molar-refractivity contribution is 14.1. The van der Waals surface area contributed by atoms with Crippen molar-refractivity contribution in [2.45, 2.75) is 6.92 Å². The van der Waals surface area contributed by atoms with Gasteiger partial charge in [0.25, 0.3) is 5.91 Å². The summed E-state index contributed by atoms with van der Waals surface area (Å²) in [4.78, 5) is 16.9. The zero-order chi connectivity index (χ0) is 15.0. The molecule has 1 aromatic carbocycles. The Morgan fingerprint density at radius 3 is 2.67 bits per heavy atom. The lowest BCUT2D eigenvalue weighted by molar-refractivity contribution is 0.102. The fourth-order valence-corrected chi connectivity index (χ4v) is 2.83. The van der Waals surface area contributed by atoms with Gasteiger partial charge in [0.1, 0.15) is 11.3 Å². The molecule has 0 fully saturated rings. The zero-order valence-electron chi connectivity index (χ0n) is 11.1. The van der Waals surface area contributed by atoms with Crippen molar-refractivity contribution in [1.82, 2.24) is 9.38 Å². The highest BCUT2D eigenvalue weighted by Gasteiger charge is 2.16. The van der Waals surface area contributed by atoms with E-state index in [9.17, 15) is 4.79 Å². The van der Waals surface area contributed by atoms with Crippen molar-refractivity contribution < 1.29 is 4.79 Å². The molecule has 0 saturated carbocycles. The molecule has 0 aliphatic carbocycles. The second kappa shape index (κ2) is 5.76. The van der Waals surface area contributed by atoms with E-state index in [-0.39, 0.29) is 5.91 Å². The number of aryl methyl sites for hydroxylation is 1. The van der Waals surface area contributed by atoms with E-state index in [2.05, 4.69) is 48.8 Å². The summed E-state index contributed by atoms with van der Waals surface area (Å²) in [6.07, 6.45) is 1.85. The van der Waals surface area contributed by atoms with Crippen LogP contribution in [0.4, 0.5) is 5.69 Å². The molecule has 0 aliphatic rings. The van der Waals surface area contributed by atoms with Crippen LogP contribution in [0.3, 0.4) is 0 Å². The van der Waals surface area contributed by atoms with Crippen molar-refractivity contribution in [2.75, 3.05) is 5.32 Å². The Labute approximate surface area is 143 Å². The number of imidazole rings is 1. The molecule has 4 nitrogen and oxygen atoms in total. The molecular formula is C15H11BrIN3O. The number of aromatic nitrogens is 2. The lowest BCUT2D eigenvalue weighted by Crippen LogP contribution is -2.15. The maximum Gasteiger partial charge on any atom is 0.274 e. The Hall–Kier alpha value is -1.41. The highest BCUT2D eigenvalue weighted by Crippen LogP contribution is 2.18. The molecule has 21 heavy (non-hydrogen) atoms. The summed E-state index contributed by atoms with van der Waals surface area (Å²) in [6.45, 7) is 1.84. The van der Waals surface area contributed by atoms with E-state index in [0.717, 1.165) is 19.4 Å². The third-order valence-corrected chi connectivity index (χ3v) is 4.26. The molecule has 0 unspecified atom stereocenters. The van der Waals surface area contributed by atoms with Crippen LogP contribution in [-0.2, 0) is 0 Å². The van der Waals surface area contributed by atoms with Crippen LogP contribution in [0.2, 0.25) is 0 Å². The molecule has 0 atom stereocenters. The molecule has 0 bridgehead atoms. The first-order valence-corrected chi connectivity index (χ1v) is 8.13. The Morgan fingerprint density at radius 2 is 1.95 bits per heavy atom. The van der Waals surface area contributed by atoms with Gasteiger partial charge in [0.05, 0.1) is 5.69 Å². The minimum atomic E-state index is -0.167. The molecule has 0 radical (unpaired) electrons. The van der Waals surface area contributed by atoms with Crippen LogP contribution in [0.15, 0.2) is 47.1 Å². The highest BCUT2D eigenvalue weighted by atomic mass is 127. The summed E-state index contributed by atoms with van der Waals surface area (Å²) in [5.74, 6) is -0.167. The number of hydrogen-bond acceptors (Lipinski definition) is 2. The van der Waals surface area contributed by atoms with Crippen molar-refractivity contribution in [3.63, 3.8) is 0 Å². The van der Waals surface area contributed by atoms with Gasteiger partial charge in [-0.1, -0.05) is 0 Å². The van der Waals surface area contributed by atoms with Crippen LogP contribution < -0.4 is 5.32 Å². The average molecular weight is 456 g/mol. The van der Waals surface area contributed by atoms with Crippen LogP contribution in [-0.4, -0.2) is 15.3 Å². The summed E-state index contributed by atoms with van der Waals surface area (Å²) < 4.78 is 3.82. The molecule has 0 aliphatic heterocycles. The lowest BCUT2D eigenvalue weighted by Gasteiger charge is -2.06. The predicted molar refractivity (Wildman–Crippen MR) is 94.7 cm³/mol. The number of nitrogens with one attached hydrogen (secondary N) is 1. The van der Waals surface area contributed by atoms with Crippen LogP contribution in [0.1, 0.15) is 16.2 Å². The van der Waals surface area contributed by atoms with Gasteiger partial charge in [-0.2, -0.15) is 0 Å². The molecule has 3 aromatic rings. The predicted octanol–water partition coefficient (Wildman–Crippen LogP) is 4.26. The molecular weight excluding hydrogens is 445 g/mol. The van der Waals surface area contributed by atoms with E-state index in [1.807, 2.05) is 49.5 Å². The third kappa shape index (κ3) is 2.96. The zero-order valence-corrected chi connectivity index (χ0v) is 14.8. The maximum absolute atomic E-state index is 12.5. The number of amides is 1. The Morgan fingerprint density at radius 1 is 1.24 bits per heavy atom. The molecule has 106 valence electrons. The quantitative estimate of drug-likeness (QED) is 0.587. The minimum Gasteiger partial charge on any atom is -0.321 e. The molecule has 3 rings (SSSR count). The number of nitrogens with zero attached hydrogens (tertiary/aromatic N) is 2. The molecule has 0 spiro atoms. The van der Waals surface area contributed by atoms with Gasteiger partial charge in [-0.25, -0.2) is 4.98 Å². The van der Waals surface area contributed by atoms with Gasteiger partial charge in [-0.3, -0.25) is 9.20 Å². The monoisotopic (exact) mass is 455 g/mol. The first-order valence-electron chi connectivity index (χ1n) is 6.26. The van der Waals surface area contributed by atoms with E-state index in [1.165, 1.54) is 0 Å². The van der Waals surface area contributed by atoms with Crippen LogP contribution in [0.5, 0.6) is 0 Å². The number of carbonyl (C=O) groups is 1. The van der Waals surface area contributed by atoms with Crippen molar-refractivity contribution in [3.05, 3.63) is 62.0 Å². The second-order valence-electron chi connectivity index (χ2n) is 4.58. The largest absolute Gasteiger partial charge is 0.321 e. The van der Waals surface area contributed by atoms with Crippen molar-refractivity contribution >= 4 is 55.8 Å². The van der Waals surface area contributed by atoms with E-state index in [0.29, 0.717) is 11.4 Å². The van der Waals surface area contributed by atoms with Crippen LogP contribution in [0.25, 0.3) is 5.65 Å². The molecule has 1 N–H and O–H groups in total. The van der Waals surface area contributed by atoms with Gasteiger partial charge in [0.2, 0.25) is 0 Å². The SMILES string of the molecule is Cc1nc2ccc(Br)cn2c1C(=O)Nc1ccc(I)cc1. The van der Waals surface area contributed by atoms with Crippen molar-refractivity contribution in [3.8, 4) is 0 Å². The average Bonchev–Trinajstić information content (AvgIpc) is 2.76. The summed E-state index contributed by atoms with van der Waals surface area (Å²) in [6, 6.07) is 11.5. The Kier molecular flexibility index (Phi) is 3.99. The molecule has 0 saturated heterocycles. The summed E-state index contributed by atoms with van der Waals surface area (Å²) >= 11 is 5.65. The number of pyridine rings is 1. The fourth-order valence-electron chi connectivity index (χ4n) is 2.13. The second-order valence-corrected chi connectivity index (χ2v) is 6.74. The number of carbonyl (C=O) groups excluding carboxylic acids is 1. The molecule has 1 amide bonds. The van der Waals surface area contributed by atoms with Gasteiger partial charge in [0.15, 0.2) is 0 Å². The smallest absolute Gasteiger partial charge is 0.274 e. The van der Waals surface area contributed by atoms with Gasteiger partial charge >= 0.3 is 0 Å². The fraction of sp³-hybridized carbons (Fsp3) is 0.0667. The Balaban J connectivity index is 1.99. The van der Waals surface area contributed by atoms with Crippen molar-refractivity contribution in [2.24, 2.45) is 0 Å². The number of benzene rings is 1. The third-order valence-electron chi connectivity index (χ3n) is 3.07. The van der Waals surface area contributed by atoms with Gasteiger partial charge < -0.3 is 5.32 Å². The standard InChI is InChI=1S/C15H11BrIN3O/c1-9-14(20-8-10(16)2-7-13(20)18-9)15(21)19-12-5-3-11(17)4-6-12/h2-8H,1H3,(H,19,21). The topological polar surface area (TPSA) is 46.4 Å². The van der Waals surface area contributed by atoms with E-state index < -0.39 is 0 Å². The van der Waals surface area contributed by atoms with Gasteiger partial charge in [-0.05, 0) is 81.8 Å². The van der Waals surface area contributed by atoms with Gasteiger partial charge in [0, 0.05) is 19.9 Å².